The van der Waals surface area contributed by atoms with E-state index >= 15 is 0 Å². The fourth-order valence-electron chi connectivity index (χ4n) is 3.63. The van der Waals surface area contributed by atoms with Crippen molar-refractivity contribution in [2.45, 2.75) is 6.04 Å². The highest BCUT2D eigenvalue weighted by Gasteiger charge is 2.48. The predicted octanol–water partition coefficient (Wildman–Crippen LogP) is 4.72. The zero-order valence-corrected chi connectivity index (χ0v) is 17.7. The molecule has 1 amide bonds. The molecular formula is C23H17ClFNO6. The Morgan fingerprint density at radius 2 is 1.84 bits per heavy atom. The van der Waals surface area contributed by atoms with Crippen LogP contribution < -0.4 is 14.4 Å². The van der Waals surface area contributed by atoms with Gasteiger partial charge in [-0.15, -0.1) is 0 Å². The third-order valence-electron chi connectivity index (χ3n) is 5.07. The summed E-state index contributed by atoms with van der Waals surface area (Å²) in [5.41, 5.74) is -0.0346. The molecule has 32 heavy (non-hydrogen) atoms. The summed E-state index contributed by atoms with van der Waals surface area (Å²) in [6, 6.07) is 10.0. The third kappa shape index (κ3) is 3.48. The Bertz CT molecular complexity index is 1240. The number of hydrogen-bond acceptors (Lipinski definition) is 6. The number of anilines is 1. The van der Waals surface area contributed by atoms with Crippen LogP contribution in [0, 0.1) is 5.82 Å². The smallest absolute Gasteiger partial charge is 0.300 e. The fraction of sp³-hybridized carbons (Fsp3) is 0.130. The number of methoxy groups -OCH3 is 2. The van der Waals surface area contributed by atoms with Crippen LogP contribution in [-0.2, 0) is 9.59 Å². The largest absolute Gasteiger partial charge is 0.507 e. The number of nitrogens with zero attached hydrogens (tertiary/aromatic N) is 1. The van der Waals surface area contributed by atoms with Crippen molar-refractivity contribution in [1.29, 1.82) is 0 Å². The van der Waals surface area contributed by atoms with E-state index in [0.717, 1.165) is 11.0 Å². The minimum Gasteiger partial charge on any atom is -0.507 e. The van der Waals surface area contributed by atoms with Crippen LogP contribution in [0.1, 0.15) is 17.4 Å². The van der Waals surface area contributed by atoms with Crippen LogP contribution in [0.15, 0.2) is 64.8 Å². The molecule has 164 valence electrons. The van der Waals surface area contributed by atoms with Crippen molar-refractivity contribution in [2.24, 2.45) is 0 Å². The summed E-state index contributed by atoms with van der Waals surface area (Å²) in [7, 11) is 2.76. The molecule has 3 aromatic rings. The second kappa shape index (κ2) is 8.39. The van der Waals surface area contributed by atoms with Gasteiger partial charge in [0.05, 0.1) is 36.6 Å². The third-order valence-corrected chi connectivity index (χ3v) is 5.37. The number of benzene rings is 2. The van der Waals surface area contributed by atoms with Gasteiger partial charge in [-0.2, -0.15) is 0 Å². The first-order valence-corrected chi connectivity index (χ1v) is 9.77. The number of aliphatic hydroxyl groups excluding tert-OH is 1. The van der Waals surface area contributed by atoms with E-state index in [0.29, 0.717) is 0 Å². The second-order valence-corrected chi connectivity index (χ2v) is 7.26. The maximum Gasteiger partial charge on any atom is 0.300 e. The van der Waals surface area contributed by atoms with Crippen LogP contribution in [0.3, 0.4) is 0 Å². The van der Waals surface area contributed by atoms with Gasteiger partial charge in [0, 0.05) is 11.8 Å². The number of hydrogen-bond donors (Lipinski definition) is 1. The molecule has 0 aliphatic carbocycles. The first-order chi connectivity index (χ1) is 15.4. The van der Waals surface area contributed by atoms with Crippen LogP contribution in [0.4, 0.5) is 10.1 Å². The first kappa shape index (κ1) is 21.5. The summed E-state index contributed by atoms with van der Waals surface area (Å²) in [5, 5.41) is 11.4. The van der Waals surface area contributed by atoms with Gasteiger partial charge in [0.15, 0.2) is 0 Å². The van der Waals surface area contributed by atoms with E-state index in [2.05, 4.69) is 0 Å². The van der Waals surface area contributed by atoms with Crippen LogP contribution in [0.5, 0.6) is 11.5 Å². The molecule has 2 aromatic carbocycles. The summed E-state index contributed by atoms with van der Waals surface area (Å²) in [5.74, 6) is -2.44. The van der Waals surface area contributed by atoms with Gasteiger partial charge in [-0.25, -0.2) is 4.39 Å². The van der Waals surface area contributed by atoms with Crippen molar-refractivity contribution in [3.8, 4) is 11.5 Å². The van der Waals surface area contributed by atoms with Gasteiger partial charge >= 0.3 is 0 Å². The standard InChI is InChI=1S/C23H17ClFNO6/c1-30-17-11-15(24)18(31-2)10-14(17)21(27)19-20(16-7-4-8-32-16)26(23(29)22(19)28)13-6-3-5-12(25)9-13/h3-11,20,27H,1-2H3/b21-19+. The average molecular weight is 458 g/mol. The summed E-state index contributed by atoms with van der Waals surface area (Å²) in [4.78, 5) is 27.1. The van der Waals surface area contributed by atoms with Crippen molar-refractivity contribution >= 4 is 34.7 Å². The Kier molecular flexibility index (Phi) is 5.63. The SMILES string of the molecule is COc1cc(/C(O)=C2\C(=O)C(=O)N(c3cccc(F)c3)C2c2ccco2)c(OC)cc1Cl. The molecular weight excluding hydrogens is 441 g/mol. The molecule has 4 rings (SSSR count). The average Bonchev–Trinajstić information content (AvgIpc) is 3.40. The molecule has 0 radical (unpaired) electrons. The van der Waals surface area contributed by atoms with Crippen LogP contribution in [0.2, 0.25) is 5.02 Å². The lowest BCUT2D eigenvalue weighted by molar-refractivity contribution is -0.132. The molecule has 0 spiro atoms. The van der Waals surface area contributed by atoms with Gasteiger partial charge in [0.2, 0.25) is 0 Å². The zero-order chi connectivity index (χ0) is 23.0. The molecule has 1 atom stereocenters. The van der Waals surface area contributed by atoms with Crippen molar-refractivity contribution in [3.63, 3.8) is 0 Å². The van der Waals surface area contributed by atoms with E-state index in [1.807, 2.05) is 0 Å². The number of amides is 1. The highest BCUT2D eigenvalue weighted by Crippen LogP contribution is 2.44. The van der Waals surface area contributed by atoms with Gasteiger partial charge in [-0.05, 0) is 36.4 Å². The number of carbonyl (C=O) groups is 2. The Labute approximate surface area is 187 Å². The molecule has 1 fully saturated rings. The Morgan fingerprint density at radius 1 is 1.09 bits per heavy atom. The van der Waals surface area contributed by atoms with Crippen LogP contribution in [0.25, 0.3) is 5.76 Å². The minimum absolute atomic E-state index is 0.0857. The van der Waals surface area contributed by atoms with Crippen molar-refractivity contribution in [2.75, 3.05) is 19.1 Å². The van der Waals surface area contributed by atoms with E-state index in [1.54, 1.807) is 12.1 Å². The summed E-state index contributed by atoms with van der Waals surface area (Å²) < 4.78 is 29.9. The number of Topliss-reactive ketones (excluding diaryl/α,β-unsaturated/α-hetero) is 1. The Balaban J connectivity index is 1.98. The molecule has 1 unspecified atom stereocenters. The lowest BCUT2D eigenvalue weighted by Crippen LogP contribution is -2.29. The minimum atomic E-state index is -1.14. The molecule has 2 heterocycles. The lowest BCUT2D eigenvalue weighted by atomic mass is 9.98. The molecule has 1 aliphatic heterocycles. The van der Waals surface area contributed by atoms with E-state index in [1.165, 1.54) is 50.8 Å². The Hall–Kier alpha value is -3.78. The molecule has 1 N–H and O–H groups in total. The van der Waals surface area contributed by atoms with E-state index in [9.17, 15) is 19.1 Å². The van der Waals surface area contributed by atoms with Crippen LogP contribution in [-0.4, -0.2) is 31.0 Å². The van der Waals surface area contributed by atoms with Gasteiger partial charge in [0.1, 0.15) is 34.9 Å². The normalized spacial score (nSPS) is 17.6. The summed E-state index contributed by atoms with van der Waals surface area (Å²) in [6.45, 7) is 0. The summed E-state index contributed by atoms with van der Waals surface area (Å²) in [6.07, 6.45) is 1.37. The number of ether oxygens (including phenoxy) is 2. The monoisotopic (exact) mass is 457 g/mol. The maximum atomic E-state index is 13.9. The molecule has 9 heteroatoms. The highest BCUT2D eigenvalue weighted by atomic mass is 35.5. The Morgan fingerprint density at radius 3 is 2.47 bits per heavy atom. The topological polar surface area (TPSA) is 89.2 Å². The van der Waals surface area contributed by atoms with E-state index in [-0.39, 0.29) is 39.1 Å². The summed E-state index contributed by atoms with van der Waals surface area (Å²) >= 11 is 6.14. The fourth-order valence-corrected chi connectivity index (χ4v) is 3.86. The molecule has 0 bridgehead atoms. The second-order valence-electron chi connectivity index (χ2n) is 6.85. The molecule has 1 aliphatic rings. The van der Waals surface area contributed by atoms with Gasteiger partial charge < -0.3 is 19.0 Å². The zero-order valence-electron chi connectivity index (χ0n) is 17.0. The number of halogens is 2. The van der Waals surface area contributed by atoms with Gasteiger partial charge in [-0.3, -0.25) is 14.5 Å². The predicted molar refractivity (Wildman–Crippen MR) is 114 cm³/mol. The first-order valence-electron chi connectivity index (χ1n) is 9.39. The van der Waals surface area contributed by atoms with Crippen molar-refractivity contribution in [1.82, 2.24) is 0 Å². The quantitative estimate of drug-likeness (QED) is 0.339. The number of rotatable bonds is 5. The number of aliphatic hydroxyl groups is 1. The highest BCUT2D eigenvalue weighted by molar-refractivity contribution is 6.51. The molecule has 7 nitrogen and oxygen atoms in total. The van der Waals surface area contributed by atoms with Crippen LogP contribution >= 0.6 is 11.6 Å². The number of ketones is 1. The van der Waals surface area contributed by atoms with Gasteiger partial charge in [0.25, 0.3) is 11.7 Å². The molecule has 0 saturated carbocycles. The molecule has 1 saturated heterocycles. The van der Waals surface area contributed by atoms with Gasteiger partial charge in [-0.1, -0.05) is 17.7 Å². The van der Waals surface area contributed by atoms with E-state index in [4.69, 9.17) is 25.5 Å². The lowest BCUT2D eigenvalue weighted by Gasteiger charge is -2.23. The maximum absolute atomic E-state index is 13.9. The number of carbonyl (C=O) groups excluding carboxylic acids is 2. The molecule has 1 aromatic heterocycles. The van der Waals surface area contributed by atoms with Crippen molar-refractivity contribution in [3.05, 3.63) is 82.5 Å². The number of furan rings is 1. The van der Waals surface area contributed by atoms with E-state index < -0.39 is 29.3 Å². The van der Waals surface area contributed by atoms with Crippen molar-refractivity contribution < 1.29 is 33.0 Å².